The number of carbonyl (C=O) groups excluding carboxylic acids is 1. The number of hydrogen-bond donors (Lipinski definition) is 2. The summed E-state index contributed by atoms with van der Waals surface area (Å²) in [6.45, 7) is 10.2. The summed E-state index contributed by atoms with van der Waals surface area (Å²) in [5.41, 5.74) is -0.318. The predicted molar refractivity (Wildman–Crippen MR) is 80.7 cm³/mol. The number of ether oxygens (including phenoxy) is 1. The SMILES string of the molecule is CC(C)(C)OC=O.CCC.CNC1CCC(C(=O)O)C1. The zero-order valence-electron chi connectivity index (χ0n) is 13.7. The lowest BCUT2D eigenvalue weighted by Crippen LogP contribution is -2.22. The van der Waals surface area contributed by atoms with Gasteiger partial charge in [0.25, 0.3) is 6.47 Å². The predicted octanol–water partition coefficient (Wildman–Crippen LogP) is 2.83. The van der Waals surface area contributed by atoms with Crippen LogP contribution in [-0.2, 0) is 14.3 Å². The highest BCUT2D eigenvalue weighted by Gasteiger charge is 2.28. The van der Waals surface area contributed by atoms with Gasteiger partial charge in [-0.2, -0.15) is 0 Å². The van der Waals surface area contributed by atoms with Crippen LogP contribution in [0.5, 0.6) is 0 Å². The van der Waals surface area contributed by atoms with Crippen molar-refractivity contribution in [2.45, 2.75) is 71.9 Å². The van der Waals surface area contributed by atoms with Gasteiger partial charge < -0.3 is 15.2 Å². The monoisotopic (exact) mass is 289 g/mol. The average Bonchev–Trinajstić information content (AvgIpc) is 2.77. The van der Waals surface area contributed by atoms with Crippen molar-refractivity contribution in [1.29, 1.82) is 0 Å². The number of carboxylic acids is 1. The molecule has 1 aliphatic rings. The maximum Gasteiger partial charge on any atom is 0.306 e. The van der Waals surface area contributed by atoms with Crippen molar-refractivity contribution in [2.24, 2.45) is 5.92 Å². The normalized spacial score (nSPS) is 20.9. The fourth-order valence-electron chi connectivity index (χ4n) is 1.61. The third-order valence-corrected chi connectivity index (χ3v) is 2.59. The summed E-state index contributed by atoms with van der Waals surface area (Å²) in [4.78, 5) is 20.0. The first-order valence-corrected chi connectivity index (χ1v) is 7.23. The molecular weight excluding hydrogens is 258 g/mol. The van der Waals surface area contributed by atoms with Crippen molar-refractivity contribution >= 4 is 12.4 Å². The Morgan fingerprint density at radius 1 is 1.35 bits per heavy atom. The van der Waals surface area contributed by atoms with Crippen LogP contribution < -0.4 is 5.32 Å². The number of rotatable bonds is 3. The minimum atomic E-state index is -0.641. The Kier molecular flexibility index (Phi) is 12.4. The molecule has 5 nitrogen and oxygen atoms in total. The molecule has 0 saturated heterocycles. The van der Waals surface area contributed by atoms with Gasteiger partial charge in [0, 0.05) is 6.04 Å². The molecule has 0 aromatic heterocycles. The van der Waals surface area contributed by atoms with E-state index in [1.54, 1.807) is 0 Å². The second kappa shape index (κ2) is 11.7. The summed E-state index contributed by atoms with van der Waals surface area (Å²) in [5.74, 6) is -0.741. The van der Waals surface area contributed by atoms with E-state index in [1.165, 1.54) is 6.42 Å². The third kappa shape index (κ3) is 13.3. The van der Waals surface area contributed by atoms with Crippen molar-refractivity contribution in [3.8, 4) is 0 Å². The van der Waals surface area contributed by atoms with Crippen molar-refractivity contribution in [3.63, 3.8) is 0 Å². The Labute approximate surface area is 123 Å². The van der Waals surface area contributed by atoms with Crippen LogP contribution in [0.4, 0.5) is 0 Å². The lowest BCUT2D eigenvalue weighted by atomic mass is 10.1. The molecule has 1 saturated carbocycles. The van der Waals surface area contributed by atoms with Crippen molar-refractivity contribution in [1.82, 2.24) is 5.32 Å². The largest absolute Gasteiger partial charge is 0.481 e. The van der Waals surface area contributed by atoms with E-state index in [0.29, 0.717) is 12.5 Å². The van der Waals surface area contributed by atoms with Gasteiger partial charge in [-0.05, 0) is 47.1 Å². The molecule has 0 bridgehead atoms. The second-order valence-electron chi connectivity index (χ2n) is 5.87. The molecule has 1 rings (SSSR count). The molecule has 0 aromatic carbocycles. The lowest BCUT2D eigenvalue weighted by molar-refractivity contribution is -0.141. The molecule has 120 valence electrons. The molecule has 1 fully saturated rings. The minimum Gasteiger partial charge on any atom is -0.481 e. The number of aliphatic carboxylic acids is 1. The van der Waals surface area contributed by atoms with E-state index in [1.807, 2.05) is 27.8 Å². The van der Waals surface area contributed by atoms with Crippen LogP contribution in [-0.4, -0.2) is 36.2 Å². The number of hydrogen-bond acceptors (Lipinski definition) is 4. The molecule has 0 heterocycles. The van der Waals surface area contributed by atoms with Crippen molar-refractivity contribution < 1.29 is 19.4 Å². The molecule has 0 spiro atoms. The topological polar surface area (TPSA) is 75.6 Å². The second-order valence-corrected chi connectivity index (χ2v) is 5.87. The fraction of sp³-hybridized carbons (Fsp3) is 0.867. The van der Waals surface area contributed by atoms with Gasteiger partial charge in [-0.1, -0.05) is 20.3 Å². The molecule has 0 aliphatic heterocycles. The van der Waals surface area contributed by atoms with E-state index < -0.39 is 5.97 Å². The molecule has 0 radical (unpaired) electrons. The highest BCUT2D eigenvalue weighted by Crippen LogP contribution is 2.24. The van der Waals surface area contributed by atoms with Crippen LogP contribution >= 0.6 is 0 Å². The van der Waals surface area contributed by atoms with Crippen LogP contribution in [0, 0.1) is 5.92 Å². The smallest absolute Gasteiger partial charge is 0.306 e. The highest BCUT2D eigenvalue weighted by molar-refractivity contribution is 5.70. The van der Waals surface area contributed by atoms with Gasteiger partial charge in [0.1, 0.15) is 5.60 Å². The molecule has 2 atom stereocenters. The van der Waals surface area contributed by atoms with Crippen LogP contribution in [0.15, 0.2) is 0 Å². The van der Waals surface area contributed by atoms with Gasteiger partial charge in [-0.3, -0.25) is 9.59 Å². The van der Waals surface area contributed by atoms with E-state index in [-0.39, 0.29) is 11.5 Å². The Balaban J connectivity index is 0. The van der Waals surface area contributed by atoms with Crippen LogP contribution in [0.25, 0.3) is 0 Å². The van der Waals surface area contributed by atoms with Crippen molar-refractivity contribution in [3.05, 3.63) is 0 Å². The minimum absolute atomic E-state index is 0.0996. The number of carboxylic acid groups (broad SMARTS) is 1. The first kappa shape index (κ1) is 21.2. The molecule has 20 heavy (non-hydrogen) atoms. The van der Waals surface area contributed by atoms with Gasteiger partial charge in [-0.15, -0.1) is 0 Å². The molecule has 1 aliphatic carbocycles. The summed E-state index contributed by atoms with van der Waals surface area (Å²) in [6, 6.07) is 0.432. The lowest BCUT2D eigenvalue weighted by Gasteiger charge is -2.14. The standard InChI is InChI=1S/C7H13NO2.C5H10O2.C3H8/c1-8-6-3-2-5(4-6)7(9)10;1-5(2,3)7-4-6;1-3-2/h5-6,8H,2-4H2,1H3,(H,9,10);4H,1-3H3;3H2,1-2H3. The number of nitrogens with one attached hydrogen (secondary N) is 1. The molecular formula is C15H31NO4. The van der Waals surface area contributed by atoms with Gasteiger partial charge >= 0.3 is 5.97 Å². The van der Waals surface area contributed by atoms with E-state index in [9.17, 15) is 9.59 Å². The molecule has 2 unspecified atom stereocenters. The zero-order valence-corrected chi connectivity index (χ0v) is 13.7. The van der Waals surface area contributed by atoms with Crippen molar-refractivity contribution in [2.75, 3.05) is 7.05 Å². The Morgan fingerprint density at radius 2 is 1.85 bits per heavy atom. The van der Waals surface area contributed by atoms with Crippen LogP contribution in [0.2, 0.25) is 0 Å². The first-order chi connectivity index (χ1) is 9.21. The Morgan fingerprint density at radius 3 is 2.00 bits per heavy atom. The van der Waals surface area contributed by atoms with Crippen LogP contribution in [0.1, 0.15) is 60.3 Å². The van der Waals surface area contributed by atoms with E-state index in [4.69, 9.17) is 5.11 Å². The summed E-state index contributed by atoms with van der Waals surface area (Å²) < 4.78 is 4.55. The molecule has 0 amide bonds. The summed E-state index contributed by atoms with van der Waals surface area (Å²) in [7, 11) is 1.88. The molecule has 0 aromatic rings. The van der Waals surface area contributed by atoms with E-state index in [0.717, 1.165) is 19.3 Å². The maximum atomic E-state index is 10.4. The quantitative estimate of drug-likeness (QED) is 0.781. The highest BCUT2D eigenvalue weighted by atomic mass is 16.5. The molecule has 2 N–H and O–H groups in total. The van der Waals surface area contributed by atoms with Gasteiger partial charge in [0.15, 0.2) is 0 Å². The van der Waals surface area contributed by atoms with E-state index >= 15 is 0 Å². The Hall–Kier alpha value is -1.10. The van der Waals surface area contributed by atoms with Gasteiger partial charge in [0.05, 0.1) is 5.92 Å². The maximum absolute atomic E-state index is 10.4. The average molecular weight is 289 g/mol. The summed E-state index contributed by atoms with van der Waals surface area (Å²) >= 11 is 0. The van der Waals surface area contributed by atoms with Gasteiger partial charge in [0.2, 0.25) is 0 Å². The number of carbonyl (C=O) groups is 2. The zero-order chi connectivity index (χ0) is 16.2. The first-order valence-electron chi connectivity index (χ1n) is 7.23. The molecule has 5 heteroatoms. The fourth-order valence-corrected chi connectivity index (χ4v) is 1.61. The van der Waals surface area contributed by atoms with Crippen LogP contribution in [0.3, 0.4) is 0 Å². The van der Waals surface area contributed by atoms with Gasteiger partial charge in [-0.25, -0.2) is 0 Å². The third-order valence-electron chi connectivity index (χ3n) is 2.59. The Bertz CT molecular complexity index is 261. The summed E-state index contributed by atoms with van der Waals surface area (Å²) in [5, 5.41) is 11.7. The van der Waals surface area contributed by atoms with E-state index in [2.05, 4.69) is 23.9 Å². The summed E-state index contributed by atoms with van der Waals surface area (Å²) in [6.07, 6.45) is 3.89.